The first-order chi connectivity index (χ1) is 17.7. The van der Waals surface area contributed by atoms with E-state index in [4.69, 9.17) is 4.74 Å². The highest BCUT2D eigenvalue weighted by Gasteiger charge is 2.14. The molecule has 36 heavy (non-hydrogen) atoms. The molecule has 0 bridgehead atoms. The molecule has 3 aromatic carbocycles. The highest BCUT2D eigenvalue weighted by Crippen LogP contribution is 2.26. The number of fused-ring (bicyclic) bond motifs is 1. The summed E-state index contributed by atoms with van der Waals surface area (Å²) in [4.78, 5) is 17.7. The van der Waals surface area contributed by atoms with Gasteiger partial charge in [-0.1, -0.05) is 74.0 Å². The summed E-state index contributed by atoms with van der Waals surface area (Å²) in [6, 6.07) is 27.5. The number of aryl methyl sites for hydroxylation is 1. The monoisotopic (exact) mass is 476 g/mol. The average molecular weight is 477 g/mol. The van der Waals surface area contributed by atoms with Crippen LogP contribution in [-0.2, 0) is 13.0 Å². The third-order valence-corrected chi connectivity index (χ3v) is 6.08. The SMILES string of the molecule is CCCCc1ccccc1NC(=O)c1ccn2ncc(-c3ccc(OCc4ccccc4)cc3)c2n1. The molecule has 2 aromatic heterocycles. The van der Waals surface area contributed by atoms with Gasteiger partial charge >= 0.3 is 0 Å². The summed E-state index contributed by atoms with van der Waals surface area (Å²) < 4.78 is 7.59. The Morgan fingerprint density at radius 3 is 2.53 bits per heavy atom. The Kier molecular flexibility index (Phi) is 7.03. The minimum Gasteiger partial charge on any atom is -0.489 e. The van der Waals surface area contributed by atoms with Crippen molar-refractivity contribution < 1.29 is 9.53 Å². The van der Waals surface area contributed by atoms with Gasteiger partial charge in [-0.15, -0.1) is 0 Å². The van der Waals surface area contributed by atoms with Gasteiger partial charge in [0.15, 0.2) is 5.65 Å². The maximum atomic E-state index is 13.1. The van der Waals surface area contributed by atoms with Crippen molar-refractivity contribution in [1.82, 2.24) is 14.6 Å². The van der Waals surface area contributed by atoms with E-state index in [1.807, 2.05) is 72.8 Å². The molecule has 0 atom stereocenters. The lowest BCUT2D eigenvalue weighted by Crippen LogP contribution is -2.15. The summed E-state index contributed by atoms with van der Waals surface area (Å²) in [5, 5.41) is 7.46. The number of hydrogen-bond donors (Lipinski definition) is 1. The maximum Gasteiger partial charge on any atom is 0.274 e. The Bertz CT molecular complexity index is 1460. The van der Waals surface area contributed by atoms with Crippen molar-refractivity contribution in [3.8, 4) is 16.9 Å². The number of amides is 1. The molecule has 0 spiro atoms. The molecule has 6 nitrogen and oxygen atoms in total. The van der Waals surface area contributed by atoms with Crippen molar-refractivity contribution in [3.63, 3.8) is 0 Å². The van der Waals surface area contributed by atoms with Gasteiger partial charge in [0.2, 0.25) is 0 Å². The van der Waals surface area contributed by atoms with E-state index in [0.29, 0.717) is 17.9 Å². The van der Waals surface area contributed by atoms with Crippen LogP contribution in [0.2, 0.25) is 0 Å². The van der Waals surface area contributed by atoms with Crippen molar-refractivity contribution in [2.45, 2.75) is 32.8 Å². The molecule has 0 unspecified atom stereocenters. The molecular formula is C30H28N4O2. The van der Waals surface area contributed by atoms with Crippen molar-refractivity contribution in [1.29, 1.82) is 0 Å². The molecular weight excluding hydrogens is 448 g/mol. The van der Waals surface area contributed by atoms with Gasteiger partial charge in [-0.25, -0.2) is 9.50 Å². The zero-order valence-electron chi connectivity index (χ0n) is 20.2. The second-order valence-corrected chi connectivity index (χ2v) is 8.65. The Balaban J connectivity index is 1.34. The number of ether oxygens (including phenoxy) is 1. The number of benzene rings is 3. The lowest BCUT2D eigenvalue weighted by atomic mass is 10.1. The van der Waals surface area contributed by atoms with Gasteiger partial charge in [0.25, 0.3) is 5.91 Å². The standard InChI is InChI=1S/C30H28N4O2/c1-2-3-11-24-12-7-8-13-27(24)33-30(35)28-18-19-34-29(32-28)26(20-31-34)23-14-16-25(17-15-23)36-21-22-9-5-4-6-10-22/h4-10,12-20H,2-3,11,21H2,1H3,(H,33,35). The van der Waals surface area contributed by atoms with E-state index in [-0.39, 0.29) is 5.91 Å². The van der Waals surface area contributed by atoms with E-state index in [1.165, 1.54) is 0 Å². The van der Waals surface area contributed by atoms with Crippen LogP contribution in [0, 0.1) is 0 Å². The van der Waals surface area contributed by atoms with Crippen LogP contribution in [0.3, 0.4) is 0 Å². The van der Waals surface area contributed by atoms with Gasteiger partial charge < -0.3 is 10.1 Å². The van der Waals surface area contributed by atoms with E-state index in [0.717, 1.165) is 53.0 Å². The van der Waals surface area contributed by atoms with E-state index < -0.39 is 0 Å². The predicted molar refractivity (Wildman–Crippen MR) is 142 cm³/mol. The van der Waals surface area contributed by atoms with Crippen LogP contribution < -0.4 is 10.1 Å². The van der Waals surface area contributed by atoms with Gasteiger partial charge in [0.05, 0.1) is 6.20 Å². The molecule has 1 N–H and O–H groups in total. The number of carbonyl (C=O) groups excluding carboxylic acids is 1. The molecule has 1 amide bonds. The Morgan fingerprint density at radius 1 is 0.944 bits per heavy atom. The summed E-state index contributed by atoms with van der Waals surface area (Å²) in [7, 11) is 0. The summed E-state index contributed by atoms with van der Waals surface area (Å²) in [5.74, 6) is 0.548. The summed E-state index contributed by atoms with van der Waals surface area (Å²) in [6.45, 7) is 2.67. The third kappa shape index (κ3) is 5.28. The Morgan fingerprint density at radius 2 is 1.72 bits per heavy atom. The molecule has 0 radical (unpaired) electrons. The molecule has 0 saturated carbocycles. The van der Waals surface area contributed by atoms with Crippen LogP contribution in [0.5, 0.6) is 5.75 Å². The van der Waals surface area contributed by atoms with Gasteiger partial charge in [-0.3, -0.25) is 4.79 Å². The smallest absolute Gasteiger partial charge is 0.274 e. The van der Waals surface area contributed by atoms with Crippen molar-refractivity contribution >= 4 is 17.2 Å². The van der Waals surface area contributed by atoms with E-state index in [9.17, 15) is 4.79 Å². The lowest BCUT2D eigenvalue weighted by Gasteiger charge is -2.11. The number of nitrogens with zero attached hydrogens (tertiary/aromatic N) is 3. The third-order valence-electron chi connectivity index (χ3n) is 6.08. The van der Waals surface area contributed by atoms with E-state index in [1.54, 1.807) is 23.0 Å². The number of para-hydroxylation sites is 1. The van der Waals surface area contributed by atoms with Crippen LogP contribution in [0.4, 0.5) is 5.69 Å². The van der Waals surface area contributed by atoms with E-state index >= 15 is 0 Å². The predicted octanol–water partition coefficient (Wildman–Crippen LogP) is 6.57. The topological polar surface area (TPSA) is 68.5 Å². The second kappa shape index (κ2) is 10.9. The minimum atomic E-state index is -0.238. The first kappa shape index (κ1) is 23.3. The fourth-order valence-corrected chi connectivity index (χ4v) is 4.08. The zero-order chi connectivity index (χ0) is 24.7. The number of unbranched alkanes of at least 4 members (excludes halogenated alkanes) is 1. The molecule has 2 heterocycles. The molecule has 0 aliphatic carbocycles. The summed E-state index contributed by atoms with van der Waals surface area (Å²) in [5.41, 5.74) is 5.85. The van der Waals surface area contributed by atoms with Gasteiger partial charge in [0.1, 0.15) is 18.1 Å². The van der Waals surface area contributed by atoms with Crippen LogP contribution in [0.1, 0.15) is 41.4 Å². The van der Waals surface area contributed by atoms with E-state index in [2.05, 4.69) is 28.4 Å². The maximum absolute atomic E-state index is 13.1. The highest BCUT2D eigenvalue weighted by molar-refractivity contribution is 6.03. The van der Waals surface area contributed by atoms with Crippen LogP contribution in [-0.4, -0.2) is 20.5 Å². The number of rotatable bonds is 9. The average Bonchev–Trinajstić information content (AvgIpc) is 3.35. The fourth-order valence-electron chi connectivity index (χ4n) is 4.08. The highest BCUT2D eigenvalue weighted by atomic mass is 16.5. The number of anilines is 1. The van der Waals surface area contributed by atoms with Crippen LogP contribution >= 0.6 is 0 Å². The number of hydrogen-bond acceptors (Lipinski definition) is 4. The first-order valence-electron chi connectivity index (χ1n) is 12.2. The number of nitrogens with one attached hydrogen (secondary N) is 1. The minimum absolute atomic E-state index is 0.238. The van der Waals surface area contributed by atoms with Crippen LogP contribution in [0.25, 0.3) is 16.8 Å². The zero-order valence-corrected chi connectivity index (χ0v) is 20.2. The molecule has 5 aromatic rings. The Hall–Kier alpha value is -4.45. The van der Waals surface area contributed by atoms with Gasteiger partial charge in [0, 0.05) is 17.4 Å². The van der Waals surface area contributed by atoms with Crippen molar-refractivity contribution in [3.05, 3.63) is 114 Å². The summed E-state index contributed by atoms with van der Waals surface area (Å²) in [6.07, 6.45) is 6.64. The fraction of sp³-hybridized carbons (Fsp3) is 0.167. The molecule has 5 rings (SSSR count). The quantitative estimate of drug-likeness (QED) is 0.261. The Labute approximate surface area is 210 Å². The van der Waals surface area contributed by atoms with Gasteiger partial charge in [-0.2, -0.15) is 5.10 Å². The lowest BCUT2D eigenvalue weighted by molar-refractivity contribution is 0.102. The second-order valence-electron chi connectivity index (χ2n) is 8.65. The normalized spacial score (nSPS) is 10.9. The summed E-state index contributed by atoms with van der Waals surface area (Å²) >= 11 is 0. The number of aromatic nitrogens is 3. The largest absolute Gasteiger partial charge is 0.489 e. The van der Waals surface area contributed by atoms with Crippen LogP contribution in [0.15, 0.2) is 97.3 Å². The molecule has 180 valence electrons. The van der Waals surface area contributed by atoms with Crippen molar-refractivity contribution in [2.24, 2.45) is 0 Å². The molecule has 0 aliphatic heterocycles. The molecule has 0 saturated heterocycles. The molecule has 0 fully saturated rings. The molecule has 0 aliphatic rings. The number of carbonyl (C=O) groups is 1. The van der Waals surface area contributed by atoms with Gasteiger partial charge in [-0.05, 0) is 53.8 Å². The molecule has 6 heteroatoms. The van der Waals surface area contributed by atoms with Crippen molar-refractivity contribution in [2.75, 3.05) is 5.32 Å². The first-order valence-corrected chi connectivity index (χ1v) is 12.2.